The van der Waals surface area contributed by atoms with E-state index in [1.54, 1.807) is 0 Å². The summed E-state index contributed by atoms with van der Waals surface area (Å²) in [6, 6.07) is 0.329. The van der Waals surface area contributed by atoms with Gasteiger partial charge in [0.05, 0.1) is 24.7 Å². The highest BCUT2D eigenvalue weighted by Crippen LogP contribution is 2.69. The molecule has 0 radical (unpaired) electrons. The van der Waals surface area contributed by atoms with Crippen LogP contribution in [0, 0.1) is 17.3 Å². The first-order valence-corrected chi connectivity index (χ1v) is 5.93. The van der Waals surface area contributed by atoms with E-state index in [-0.39, 0.29) is 5.41 Å². The van der Waals surface area contributed by atoms with Gasteiger partial charge < -0.3 is 4.74 Å². The van der Waals surface area contributed by atoms with Gasteiger partial charge in [0.2, 0.25) is 0 Å². The van der Waals surface area contributed by atoms with Crippen molar-refractivity contribution in [1.29, 1.82) is 0 Å². The van der Waals surface area contributed by atoms with E-state index in [1.807, 2.05) is 12.1 Å². The molecule has 2 bridgehead atoms. The van der Waals surface area contributed by atoms with E-state index >= 15 is 0 Å². The monoisotopic (exact) mass is 227 g/mol. The van der Waals surface area contributed by atoms with E-state index in [0.29, 0.717) is 17.9 Å². The molecule has 4 rings (SSSR count). The summed E-state index contributed by atoms with van der Waals surface area (Å²) in [5.74, 6) is 0.899. The SMILES string of the molecule is CN1O[C@]2(Cl)[C@H]3C=C[C@H](C3)[C@@]23COC[C@@H]13. The molecule has 82 valence electrons. The summed E-state index contributed by atoms with van der Waals surface area (Å²) < 4.78 is 5.66. The van der Waals surface area contributed by atoms with Crippen molar-refractivity contribution < 1.29 is 9.57 Å². The smallest absolute Gasteiger partial charge is 0.179 e. The second kappa shape index (κ2) is 2.43. The van der Waals surface area contributed by atoms with Crippen molar-refractivity contribution in [1.82, 2.24) is 5.06 Å². The lowest BCUT2D eigenvalue weighted by molar-refractivity contribution is -0.182. The molecule has 1 saturated carbocycles. The average molecular weight is 228 g/mol. The van der Waals surface area contributed by atoms with Gasteiger partial charge in [0.15, 0.2) is 5.06 Å². The Morgan fingerprint density at radius 1 is 1.40 bits per heavy atom. The first kappa shape index (κ1) is 8.99. The predicted octanol–water partition coefficient (Wildman–Crippen LogP) is 1.39. The van der Waals surface area contributed by atoms with Crippen LogP contribution in [0.1, 0.15) is 6.42 Å². The molecule has 0 aromatic carbocycles. The van der Waals surface area contributed by atoms with E-state index in [4.69, 9.17) is 21.2 Å². The molecule has 2 saturated heterocycles. The number of alkyl halides is 1. The molecule has 3 nitrogen and oxygen atoms in total. The van der Waals surface area contributed by atoms with Crippen molar-refractivity contribution in [3.05, 3.63) is 12.2 Å². The van der Waals surface area contributed by atoms with E-state index in [9.17, 15) is 0 Å². The molecular formula is C11H14ClNO2. The van der Waals surface area contributed by atoms with Crippen LogP contribution in [-0.2, 0) is 9.57 Å². The molecule has 15 heavy (non-hydrogen) atoms. The van der Waals surface area contributed by atoms with Crippen molar-refractivity contribution in [3.8, 4) is 0 Å². The van der Waals surface area contributed by atoms with Crippen LogP contribution in [0.2, 0.25) is 0 Å². The Morgan fingerprint density at radius 2 is 2.20 bits per heavy atom. The molecule has 0 aromatic rings. The van der Waals surface area contributed by atoms with Crippen molar-refractivity contribution in [2.24, 2.45) is 17.3 Å². The van der Waals surface area contributed by atoms with Gasteiger partial charge >= 0.3 is 0 Å². The molecule has 1 spiro atoms. The van der Waals surface area contributed by atoms with Gasteiger partial charge in [-0.2, -0.15) is 5.06 Å². The van der Waals surface area contributed by atoms with Crippen LogP contribution >= 0.6 is 11.6 Å². The van der Waals surface area contributed by atoms with Crippen molar-refractivity contribution >= 4 is 11.6 Å². The summed E-state index contributed by atoms with van der Waals surface area (Å²) in [6.45, 7) is 1.50. The lowest BCUT2D eigenvalue weighted by Crippen LogP contribution is -2.49. The van der Waals surface area contributed by atoms with E-state index in [0.717, 1.165) is 19.6 Å². The average Bonchev–Trinajstić information content (AvgIpc) is 2.88. The van der Waals surface area contributed by atoms with Gasteiger partial charge in [0.1, 0.15) is 0 Å². The van der Waals surface area contributed by atoms with E-state index in [1.165, 1.54) is 0 Å². The number of nitrogens with zero attached hydrogens (tertiary/aromatic N) is 1. The Balaban J connectivity index is 1.92. The molecule has 4 aliphatic rings. The number of halogens is 1. The number of hydrogen-bond donors (Lipinski definition) is 0. The molecule has 3 fully saturated rings. The standard InChI is InChI=1S/C11H14ClNO2/c1-13-9-5-14-6-10(9)7-2-3-8(4-7)11(10,12)15-13/h2-3,7-9H,4-6H2,1H3/t7-,8+,9-,10-,11-/m1/s1. The summed E-state index contributed by atoms with van der Waals surface area (Å²) in [5.41, 5.74) is 0.00270. The van der Waals surface area contributed by atoms with E-state index in [2.05, 4.69) is 12.2 Å². The lowest BCUT2D eigenvalue weighted by Gasteiger charge is -2.38. The zero-order valence-electron chi connectivity index (χ0n) is 8.65. The summed E-state index contributed by atoms with van der Waals surface area (Å²) >= 11 is 6.76. The fourth-order valence-electron chi connectivity index (χ4n) is 4.07. The number of allylic oxidation sites excluding steroid dienone is 1. The van der Waals surface area contributed by atoms with Crippen molar-refractivity contribution in [2.45, 2.75) is 17.5 Å². The largest absolute Gasteiger partial charge is 0.379 e. The van der Waals surface area contributed by atoms with Gasteiger partial charge in [-0.1, -0.05) is 23.8 Å². The molecule has 2 heterocycles. The third-order valence-electron chi connectivity index (χ3n) is 4.78. The Bertz CT molecular complexity index is 360. The third-order valence-corrected chi connectivity index (χ3v) is 5.48. The number of hydroxylamine groups is 2. The zero-order valence-corrected chi connectivity index (χ0v) is 9.41. The highest BCUT2D eigenvalue weighted by molar-refractivity contribution is 6.24. The minimum absolute atomic E-state index is 0.00270. The molecular weight excluding hydrogens is 214 g/mol. The Hall–Kier alpha value is -0.0900. The van der Waals surface area contributed by atoms with Gasteiger partial charge in [-0.05, 0) is 12.3 Å². The minimum atomic E-state index is -0.539. The van der Waals surface area contributed by atoms with Crippen LogP contribution in [0.25, 0.3) is 0 Å². The Labute approximate surface area is 93.9 Å². The fourth-order valence-corrected chi connectivity index (χ4v) is 4.66. The molecule has 4 heteroatoms. The fraction of sp³-hybridized carbons (Fsp3) is 0.818. The van der Waals surface area contributed by atoms with Crippen molar-refractivity contribution in [3.63, 3.8) is 0 Å². The molecule has 0 unspecified atom stereocenters. The normalized spacial score (nSPS) is 61.3. The number of ether oxygens (including phenoxy) is 1. The van der Waals surface area contributed by atoms with Crippen molar-refractivity contribution in [2.75, 3.05) is 20.3 Å². The summed E-state index contributed by atoms with van der Waals surface area (Å²) in [6.07, 6.45) is 5.67. The van der Waals surface area contributed by atoms with Gasteiger partial charge in [0.25, 0.3) is 0 Å². The van der Waals surface area contributed by atoms with Crippen LogP contribution in [0.4, 0.5) is 0 Å². The predicted molar refractivity (Wildman–Crippen MR) is 55.2 cm³/mol. The van der Waals surface area contributed by atoms with Crippen LogP contribution < -0.4 is 0 Å². The first-order chi connectivity index (χ1) is 7.18. The summed E-state index contributed by atoms with van der Waals surface area (Å²) in [7, 11) is 1.98. The van der Waals surface area contributed by atoms with Crippen LogP contribution in [0.3, 0.4) is 0 Å². The maximum Gasteiger partial charge on any atom is 0.179 e. The van der Waals surface area contributed by atoms with Gasteiger partial charge in [0, 0.05) is 13.0 Å². The molecule has 0 amide bonds. The minimum Gasteiger partial charge on any atom is -0.379 e. The number of likely N-dealkylation sites (N-methyl/N-ethyl adjacent to an activating group) is 1. The van der Waals surface area contributed by atoms with Gasteiger partial charge in [-0.25, -0.2) is 0 Å². The Morgan fingerprint density at radius 3 is 3.07 bits per heavy atom. The van der Waals surface area contributed by atoms with Crippen LogP contribution in [0.15, 0.2) is 12.2 Å². The quantitative estimate of drug-likeness (QED) is 0.461. The maximum absolute atomic E-state index is 6.76. The van der Waals surface area contributed by atoms with Crippen LogP contribution in [-0.4, -0.2) is 36.4 Å². The van der Waals surface area contributed by atoms with Crippen LogP contribution in [0.5, 0.6) is 0 Å². The molecule has 0 aromatic heterocycles. The highest BCUT2D eigenvalue weighted by Gasteiger charge is 2.76. The third kappa shape index (κ3) is 0.732. The first-order valence-electron chi connectivity index (χ1n) is 5.55. The van der Waals surface area contributed by atoms with Gasteiger partial charge in [-0.15, -0.1) is 0 Å². The number of fused-ring (bicyclic) bond motifs is 3. The lowest BCUT2D eigenvalue weighted by atomic mass is 9.71. The summed E-state index contributed by atoms with van der Waals surface area (Å²) in [5, 5.41) is 1.38. The highest BCUT2D eigenvalue weighted by atomic mass is 35.5. The topological polar surface area (TPSA) is 21.7 Å². The summed E-state index contributed by atoms with van der Waals surface area (Å²) in [4.78, 5) is 5.93. The molecule has 5 atom stereocenters. The maximum atomic E-state index is 6.76. The molecule has 2 aliphatic heterocycles. The van der Waals surface area contributed by atoms with Gasteiger partial charge in [-0.3, -0.25) is 4.84 Å². The number of rotatable bonds is 0. The second-order valence-corrected chi connectivity index (χ2v) is 5.75. The zero-order chi connectivity index (χ0) is 10.3. The molecule has 2 aliphatic carbocycles. The Kier molecular flexibility index (Phi) is 1.45. The second-order valence-electron chi connectivity index (χ2n) is 5.19. The number of hydrogen-bond acceptors (Lipinski definition) is 3. The van der Waals surface area contributed by atoms with E-state index < -0.39 is 5.06 Å². The molecule has 0 N–H and O–H groups in total.